The van der Waals surface area contributed by atoms with Gasteiger partial charge in [0, 0.05) is 29.6 Å². The molecule has 0 radical (unpaired) electrons. The fourth-order valence-corrected chi connectivity index (χ4v) is 6.12. The summed E-state index contributed by atoms with van der Waals surface area (Å²) in [5.74, 6) is 0.817. The molecule has 2 aromatic rings. The molecule has 4 rings (SSSR count). The molecule has 2 aliphatic rings. The van der Waals surface area contributed by atoms with Crippen molar-refractivity contribution in [3.8, 4) is 5.75 Å². The van der Waals surface area contributed by atoms with E-state index in [2.05, 4.69) is 34.3 Å². The van der Waals surface area contributed by atoms with Crippen LogP contribution in [-0.2, 0) is 21.9 Å². The molecule has 1 unspecified atom stereocenters. The molecule has 6 nitrogen and oxygen atoms in total. The van der Waals surface area contributed by atoms with E-state index < -0.39 is 10.0 Å². The molecule has 4 N–H and O–H groups in total. The summed E-state index contributed by atoms with van der Waals surface area (Å²) in [7, 11) is -3.30. The maximum Gasteiger partial charge on any atom is 0.211 e. The van der Waals surface area contributed by atoms with Crippen molar-refractivity contribution >= 4 is 46.4 Å². The van der Waals surface area contributed by atoms with Crippen molar-refractivity contribution in [2.45, 2.75) is 43.6 Å². The van der Waals surface area contributed by atoms with Crippen molar-refractivity contribution in [1.82, 2.24) is 10.0 Å². The Morgan fingerprint density at radius 2 is 1.88 bits per heavy atom. The number of hydrogen-bond donors (Lipinski definition) is 3. The van der Waals surface area contributed by atoms with Crippen molar-refractivity contribution in [2.24, 2.45) is 5.73 Å². The Bertz CT molecular complexity index is 1030. The molecule has 1 atom stereocenters. The number of hydrogen-bond acceptors (Lipinski definition) is 5. The monoisotopic (exact) mass is 549 g/mol. The molecule has 190 valence electrons. The Kier molecular flexibility index (Phi) is 11.0. The van der Waals surface area contributed by atoms with E-state index in [1.165, 1.54) is 23.1 Å². The van der Waals surface area contributed by atoms with E-state index >= 15 is 0 Å². The van der Waals surface area contributed by atoms with E-state index in [1.54, 1.807) is 0 Å². The van der Waals surface area contributed by atoms with Crippen molar-refractivity contribution < 1.29 is 13.2 Å². The molecule has 10 heteroatoms. The summed E-state index contributed by atoms with van der Waals surface area (Å²) in [6.45, 7) is 1.86. The van der Waals surface area contributed by atoms with Gasteiger partial charge in [0.1, 0.15) is 5.75 Å². The lowest BCUT2D eigenvalue weighted by atomic mass is 9.58. The van der Waals surface area contributed by atoms with Gasteiger partial charge < -0.3 is 15.8 Å². The summed E-state index contributed by atoms with van der Waals surface area (Å²) in [5, 5.41) is 4.54. The summed E-state index contributed by atoms with van der Waals surface area (Å²) >= 11 is 6.14. The predicted molar refractivity (Wildman–Crippen MR) is 143 cm³/mol. The molecule has 0 bridgehead atoms. The smallest absolute Gasteiger partial charge is 0.211 e. The van der Waals surface area contributed by atoms with Crippen LogP contribution in [0.5, 0.6) is 5.75 Å². The van der Waals surface area contributed by atoms with Crippen LogP contribution in [0.15, 0.2) is 42.5 Å². The molecule has 1 heterocycles. The second-order valence-electron chi connectivity index (χ2n) is 8.72. The molecule has 1 saturated carbocycles. The van der Waals surface area contributed by atoms with Crippen LogP contribution in [0.25, 0.3) is 0 Å². The Morgan fingerprint density at radius 3 is 2.53 bits per heavy atom. The van der Waals surface area contributed by atoms with E-state index in [9.17, 15) is 8.42 Å². The number of fused-ring (bicyclic) bond motifs is 1. The fraction of sp³-hybridized carbons (Fsp3) is 0.500. The van der Waals surface area contributed by atoms with Crippen LogP contribution < -0.4 is 20.5 Å². The lowest BCUT2D eigenvalue weighted by molar-refractivity contribution is 0.164. The zero-order valence-corrected chi connectivity index (χ0v) is 22.3. The topological polar surface area (TPSA) is 93.5 Å². The first-order chi connectivity index (χ1) is 15.4. The quantitative estimate of drug-likeness (QED) is 0.387. The van der Waals surface area contributed by atoms with Crippen LogP contribution in [0.3, 0.4) is 0 Å². The number of halogens is 3. The molecular weight excluding hydrogens is 517 g/mol. The van der Waals surface area contributed by atoms with Crippen molar-refractivity contribution in [3.05, 3.63) is 64.2 Å². The van der Waals surface area contributed by atoms with Crippen LogP contribution >= 0.6 is 36.4 Å². The van der Waals surface area contributed by atoms with Gasteiger partial charge in [-0.15, -0.1) is 24.8 Å². The minimum absolute atomic E-state index is 0. The molecular formula is C24H34Cl3N3O3S. The maximum atomic E-state index is 11.9. The lowest BCUT2D eigenvalue weighted by Crippen LogP contribution is -2.49. The highest BCUT2D eigenvalue weighted by Gasteiger charge is 2.47. The summed E-state index contributed by atoms with van der Waals surface area (Å²) in [4.78, 5) is 0. The molecule has 0 spiro atoms. The largest absolute Gasteiger partial charge is 0.494 e. The van der Waals surface area contributed by atoms with Crippen molar-refractivity contribution in [1.29, 1.82) is 0 Å². The summed E-state index contributed by atoms with van der Waals surface area (Å²) in [6, 6.07) is 14.8. The zero-order chi connectivity index (χ0) is 22.6. The standard InChI is InChI=1S/C24H32ClN3O3S.2ClH/c25-20-6-4-19(5-7-20)24(10-1-11-24)23-22-17-21(8-3-18(22)9-13-27-23)31-15-2-16-32(29,30)28-14-12-26;;/h3-8,17,23,27-28H,1-2,9-16,26H2;2*1H. The Hall–Kier alpha value is -1.06. The van der Waals surface area contributed by atoms with Crippen LogP contribution in [0, 0.1) is 0 Å². The molecule has 1 fully saturated rings. The van der Waals surface area contributed by atoms with Crippen LogP contribution in [0.2, 0.25) is 5.02 Å². The normalized spacial score (nSPS) is 18.6. The van der Waals surface area contributed by atoms with E-state index in [-0.39, 0.29) is 55.1 Å². The van der Waals surface area contributed by atoms with Gasteiger partial charge in [0.25, 0.3) is 0 Å². The molecule has 2 aromatic carbocycles. The molecule has 1 aliphatic carbocycles. The molecule has 0 aromatic heterocycles. The Balaban J connectivity index is 0.00000204. The first kappa shape index (κ1) is 29.2. The molecule has 34 heavy (non-hydrogen) atoms. The van der Waals surface area contributed by atoms with Gasteiger partial charge in [-0.3, -0.25) is 0 Å². The minimum atomic E-state index is -3.30. The Labute approximate surface area is 220 Å². The van der Waals surface area contributed by atoms with Gasteiger partial charge in [0.05, 0.1) is 12.4 Å². The van der Waals surface area contributed by atoms with Gasteiger partial charge in [-0.25, -0.2) is 13.1 Å². The predicted octanol–water partition coefficient (Wildman–Crippen LogP) is 4.14. The van der Waals surface area contributed by atoms with E-state index in [1.807, 2.05) is 18.2 Å². The van der Waals surface area contributed by atoms with Gasteiger partial charge in [-0.2, -0.15) is 0 Å². The number of benzene rings is 2. The highest BCUT2D eigenvalue weighted by Crippen LogP contribution is 2.53. The van der Waals surface area contributed by atoms with Crippen LogP contribution in [0.1, 0.15) is 48.4 Å². The summed E-state index contributed by atoms with van der Waals surface area (Å²) in [5.41, 5.74) is 9.41. The summed E-state index contributed by atoms with van der Waals surface area (Å²) in [6.07, 6.45) is 4.93. The molecule has 1 aliphatic heterocycles. The first-order valence-corrected chi connectivity index (χ1v) is 13.4. The first-order valence-electron chi connectivity index (χ1n) is 11.4. The molecule has 0 amide bonds. The highest BCUT2D eigenvalue weighted by molar-refractivity contribution is 7.89. The average Bonchev–Trinajstić information content (AvgIpc) is 2.76. The average molecular weight is 551 g/mol. The number of rotatable bonds is 10. The van der Waals surface area contributed by atoms with Gasteiger partial charge in [0.15, 0.2) is 0 Å². The SMILES string of the molecule is Cl.Cl.NCCNS(=O)(=O)CCCOc1ccc2c(c1)C(C1(c3ccc(Cl)cc3)CCC1)NCC2. The number of sulfonamides is 1. The second kappa shape index (κ2) is 12.8. The van der Waals surface area contributed by atoms with E-state index in [4.69, 9.17) is 22.1 Å². The molecule has 0 saturated heterocycles. The van der Waals surface area contributed by atoms with Gasteiger partial charge >= 0.3 is 0 Å². The van der Waals surface area contributed by atoms with Crippen LogP contribution in [0.4, 0.5) is 0 Å². The summed E-state index contributed by atoms with van der Waals surface area (Å²) < 4.78 is 32.2. The number of ether oxygens (including phenoxy) is 1. The highest BCUT2D eigenvalue weighted by atomic mass is 35.5. The third-order valence-corrected chi connectivity index (χ3v) is 8.40. The maximum absolute atomic E-state index is 11.9. The van der Waals surface area contributed by atoms with Gasteiger partial charge in [-0.1, -0.05) is 36.2 Å². The minimum Gasteiger partial charge on any atom is -0.494 e. The van der Waals surface area contributed by atoms with Gasteiger partial charge in [0.2, 0.25) is 10.0 Å². The van der Waals surface area contributed by atoms with E-state index in [0.29, 0.717) is 13.0 Å². The van der Waals surface area contributed by atoms with Crippen LogP contribution in [-0.4, -0.2) is 40.4 Å². The zero-order valence-electron chi connectivity index (χ0n) is 19.1. The Morgan fingerprint density at radius 1 is 1.15 bits per heavy atom. The van der Waals surface area contributed by atoms with Crippen molar-refractivity contribution in [3.63, 3.8) is 0 Å². The third-order valence-electron chi connectivity index (χ3n) is 6.68. The lowest BCUT2D eigenvalue weighted by Gasteiger charge is -2.50. The van der Waals surface area contributed by atoms with Crippen molar-refractivity contribution in [2.75, 3.05) is 32.0 Å². The third kappa shape index (κ3) is 6.58. The van der Waals surface area contributed by atoms with E-state index in [0.717, 1.165) is 36.6 Å². The van der Waals surface area contributed by atoms with Gasteiger partial charge in [-0.05, 0) is 73.2 Å². The number of nitrogens with one attached hydrogen (secondary N) is 2. The number of nitrogens with two attached hydrogens (primary N) is 1. The second-order valence-corrected chi connectivity index (χ2v) is 11.1. The fourth-order valence-electron chi connectivity index (χ4n) is 4.92.